The van der Waals surface area contributed by atoms with E-state index in [1.54, 1.807) is 14.2 Å². The Kier molecular flexibility index (Phi) is 6.70. The fourth-order valence-corrected chi connectivity index (χ4v) is 3.81. The van der Waals surface area contributed by atoms with Crippen molar-refractivity contribution in [3.05, 3.63) is 48.0 Å². The number of aliphatic imine (C=N–C) groups is 1. The molecule has 0 unspecified atom stereocenters. The molecule has 7 heteroatoms. The third kappa shape index (κ3) is 5.23. The Labute approximate surface area is 164 Å². The number of thioether (sulfide) groups is 1. The average Bonchev–Trinajstić information content (AvgIpc) is 2.73. The molecule has 3 rings (SSSR count). The largest absolute Gasteiger partial charge is 0.493 e. The van der Waals surface area contributed by atoms with Gasteiger partial charge in [0, 0.05) is 42.0 Å². The Hall–Kier alpha value is -2.54. The molecule has 2 aromatic rings. The quantitative estimate of drug-likeness (QED) is 0.587. The average molecular weight is 387 g/mol. The fourth-order valence-electron chi connectivity index (χ4n) is 2.91. The van der Waals surface area contributed by atoms with Crippen LogP contribution in [0.15, 0.2) is 47.5 Å². The summed E-state index contributed by atoms with van der Waals surface area (Å²) in [6, 6.07) is 14.1. The molecule has 144 valence electrons. The van der Waals surface area contributed by atoms with Crippen LogP contribution < -0.4 is 25.4 Å². The normalized spacial score (nSPS) is 14.7. The van der Waals surface area contributed by atoms with E-state index in [-0.39, 0.29) is 0 Å². The number of benzene rings is 2. The fraction of sp³-hybridized carbons (Fsp3) is 0.350. The Morgan fingerprint density at radius 3 is 2.44 bits per heavy atom. The van der Waals surface area contributed by atoms with Crippen LogP contribution >= 0.6 is 11.8 Å². The van der Waals surface area contributed by atoms with Crippen molar-refractivity contribution in [2.45, 2.75) is 6.54 Å². The van der Waals surface area contributed by atoms with E-state index in [4.69, 9.17) is 15.2 Å². The van der Waals surface area contributed by atoms with E-state index in [9.17, 15) is 0 Å². The van der Waals surface area contributed by atoms with Crippen molar-refractivity contribution in [3.8, 4) is 11.5 Å². The molecule has 1 saturated heterocycles. The van der Waals surface area contributed by atoms with Crippen LogP contribution in [-0.2, 0) is 6.54 Å². The summed E-state index contributed by atoms with van der Waals surface area (Å²) in [6.07, 6.45) is 0. The van der Waals surface area contributed by atoms with Gasteiger partial charge in [-0.3, -0.25) is 0 Å². The minimum atomic E-state index is 0.361. The van der Waals surface area contributed by atoms with E-state index >= 15 is 0 Å². The lowest BCUT2D eigenvalue weighted by molar-refractivity contribution is 0.355. The predicted octanol–water partition coefficient (Wildman–Crippen LogP) is 3.18. The summed E-state index contributed by atoms with van der Waals surface area (Å²) in [4.78, 5) is 6.85. The molecule has 0 radical (unpaired) electrons. The molecule has 1 aliphatic rings. The molecule has 6 nitrogen and oxygen atoms in total. The maximum absolute atomic E-state index is 6.02. The van der Waals surface area contributed by atoms with E-state index in [2.05, 4.69) is 39.5 Å². The van der Waals surface area contributed by atoms with E-state index in [0.29, 0.717) is 24.0 Å². The molecule has 3 N–H and O–H groups in total. The number of nitrogens with two attached hydrogens (primary N) is 1. The van der Waals surface area contributed by atoms with Crippen LogP contribution in [0.25, 0.3) is 0 Å². The minimum absolute atomic E-state index is 0.361. The monoisotopic (exact) mass is 386 g/mol. The van der Waals surface area contributed by atoms with Gasteiger partial charge in [-0.25, -0.2) is 4.99 Å². The molecule has 0 amide bonds. The van der Waals surface area contributed by atoms with E-state index in [0.717, 1.165) is 24.3 Å². The van der Waals surface area contributed by atoms with Crippen LogP contribution in [0, 0.1) is 0 Å². The molecule has 0 spiro atoms. The van der Waals surface area contributed by atoms with Crippen molar-refractivity contribution in [2.75, 3.05) is 49.0 Å². The van der Waals surface area contributed by atoms with Gasteiger partial charge in [0.2, 0.25) is 0 Å². The van der Waals surface area contributed by atoms with Crippen LogP contribution in [0.2, 0.25) is 0 Å². The van der Waals surface area contributed by atoms with Gasteiger partial charge < -0.3 is 25.4 Å². The number of ether oxygens (including phenoxy) is 2. The molecular formula is C20H26N4O2S. The summed E-state index contributed by atoms with van der Waals surface area (Å²) < 4.78 is 10.5. The standard InChI is InChI=1S/C20H26N4O2S/c1-25-18-8-5-16(13-19(18)26-2)23-20(21)22-14-15-3-6-17(7-4-15)24-9-11-27-12-10-24/h3-8,13H,9-12,14H2,1-2H3,(H3,21,22,23). The van der Waals surface area contributed by atoms with E-state index in [1.807, 2.05) is 30.0 Å². The van der Waals surface area contributed by atoms with Gasteiger partial charge in [-0.2, -0.15) is 11.8 Å². The van der Waals surface area contributed by atoms with Gasteiger partial charge in [-0.05, 0) is 29.8 Å². The first-order valence-electron chi connectivity index (χ1n) is 8.90. The van der Waals surface area contributed by atoms with Gasteiger partial charge in [0.15, 0.2) is 17.5 Å². The number of hydrogen-bond donors (Lipinski definition) is 2. The highest BCUT2D eigenvalue weighted by molar-refractivity contribution is 7.99. The zero-order valence-electron chi connectivity index (χ0n) is 15.8. The second kappa shape index (κ2) is 9.41. The van der Waals surface area contributed by atoms with Gasteiger partial charge in [-0.15, -0.1) is 0 Å². The van der Waals surface area contributed by atoms with Crippen molar-refractivity contribution < 1.29 is 9.47 Å². The predicted molar refractivity (Wildman–Crippen MR) is 114 cm³/mol. The highest BCUT2D eigenvalue weighted by Gasteiger charge is 2.10. The van der Waals surface area contributed by atoms with Gasteiger partial charge >= 0.3 is 0 Å². The van der Waals surface area contributed by atoms with Crippen molar-refractivity contribution in [3.63, 3.8) is 0 Å². The topological polar surface area (TPSA) is 72.1 Å². The maximum Gasteiger partial charge on any atom is 0.193 e. The molecule has 0 saturated carbocycles. The molecule has 2 aromatic carbocycles. The minimum Gasteiger partial charge on any atom is -0.493 e. The lowest BCUT2D eigenvalue weighted by atomic mass is 10.2. The smallest absolute Gasteiger partial charge is 0.193 e. The first-order valence-corrected chi connectivity index (χ1v) is 10.1. The van der Waals surface area contributed by atoms with Crippen molar-refractivity contribution in [1.29, 1.82) is 0 Å². The van der Waals surface area contributed by atoms with E-state index in [1.165, 1.54) is 17.2 Å². The zero-order chi connectivity index (χ0) is 19.1. The summed E-state index contributed by atoms with van der Waals surface area (Å²) >= 11 is 2.02. The second-order valence-corrected chi connectivity index (χ2v) is 7.39. The first kappa shape index (κ1) is 19.2. The van der Waals surface area contributed by atoms with Crippen LogP contribution in [-0.4, -0.2) is 44.8 Å². The lowest BCUT2D eigenvalue weighted by Crippen LogP contribution is -2.32. The third-order valence-electron chi connectivity index (χ3n) is 4.40. The number of nitrogens with zero attached hydrogens (tertiary/aromatic N) is 2. The highest BCUT2D eigenvalue weighted by Crippen LogP contribution is 2.29. The Morgan fingerprint density at radius 1 is 1.07 bits per heavy atom. The molecule has 27 heavy (non-hydrogen) atoms. The number of guanidine groups is 1. The van der Waals surface area contributed by atoms with Crippen molar-refractivity contribution >= 4 is 29.1 Å². The highest BCUT2D eigenvalue weighted by atomic mass is 32.2. The van der Waals surface area contributed by atoms with Crippen LogP contribution in [0.3, 0.4) is 0 Å². The Balaban J connectivity index is 1.58. The van der Waals surface area contributed by atoms with Crippen LogP contribution in [0.1, 0.15) is 5.56 Å². The number of rotatable bonds is 6. The molecule has 0 aromatic heterocycles. The number of methoxy groups -OCH3 is 2. The summed E-state index contributed by atoms with van der Waals surface area (Å²) in [6.45, 7) is 2.76. The second-order valence-electron chi connectivity index (χ2n) is 6.16. The van der Waals surface area contributed by atoms with Crippen LogP contribution in [0.5, 0.6) is 11.5 Å². The van der Waals surface area contributed by atoms with E-state index < -0.39 is 0 Å². The van der Waals surface area contributed by atoms with Gasteiger partial charge in [0.05, 0.1) is 20.8 Å². The molecule has 0 aliphatic carbocycles. The Morgan fingerprint density at radius 2 is 1.78 bits per heavy atom. The van der Waals surface area contributed by atoms with Crippen LogP contribution in [0.4, 0.5) is 11.4 Å². The molecule has 0 bridgehead atoms. The van der Waals surface area contributed by atoms with Gasteiger partial charge in [0.1, 0.15) is 0 Å². The molecule has 1 heterocycles. The molecule has 0 atom stereocenters. The number of anilines is 2. The third-order valence-corrected chi connectivity index (χ3v) is 5.34. The Bertz CT molecular complexity index is 774. The molecule has 1 aliphatic heterocycles. The van der Waals surface area contributed by atoms with Crippen molar-refractivity contribution in [2.24, 2.45) is 10.7 Å². The summed E-state index contributed by atoms with van der Waals surface area (Å²) in [7, 11) is 3.21. The van der Waals surface area contributed by atoms with Crippen molar-refractivity contribution in [1.82, 2.24) is 0 Å². The zero-order valence-corrected chi connectivity index (χ0v) is 16.6. The van der Waals surface area contributed by atoms with Gasteiger partial charge in [-0.1, -0.05) is 12.1 Å². The number of hydrogen-bond acceptors (Lipinski definition) is 5. The summed E-state index contributed by atoms with van der Waals surface area (Å²) in [5.74, 6) is 4.07. The van der Waals surface area contributed by atoms with Gasteiger partial charge in [0.25, 0.3) is 0 Å². The SMILES string of the molecule is COc1ccc(NC(N)=NCc2ccc(N3CCSCC3)cc2)cc1OC. The molecular weight excluding hydrogens is 360 g/mol. The molecule has 1 fully saturated rings. The number of nitrogens with one attached hydrogen (secondary N) is 1. The summed E-state index contributed by atoms with van der Waals surface area (Å²) in [5.41, 5.74) is 9.22. The maximum atomic E-state index is 6.02. The first-order chi connectivity index (χ1) is 13.2. The lowest BCUT2D eigenvalue weighted by Gasteiger charge is -2.28. The summed E-state index contributed by atoms with van der Waals surface area (Å²) in [5, 5.41) is 3.08.